The highest BCUT2D eigenvalue weighted by Crippen LogP contribution is 2.40. The van der Waals surface area contributed by atoms with E-state index in [0.717, 1.165) is 31.0 Å². The molecule has 1 atom stereocenters. The Bertz CT molecular complexity index is 520. The number of hydrogen-bond donors (Lipinski definition) is 1. The fourth-order valence-corrected chi connectivity index (χ4v) is 2.34. The van der Waals surface area contributed by atoms with Gasteiger partial charge >= 0.3 is 5.97 Å². The molecule has 1 saturated carbocycles. The first-order valence-electron chi connectivity index (χ1n) is 6.97. The molecule has 2 rings (SSSR count). The monoisotopic (exact) mass is 299 g/mol. The summed E-state index contributed by atoms with van der Waals surface area (Å²) in [5.41, 5.74) is -1.02. The van der Waals surface area contributed by atoms with Crippen LogP contribution in [0.2, 0.25) is 0 Å². The van der Waals surface area contributed by atoms with E-state index in [1.807, 2.05) is 0 Å². The first-order chi connectivity index (χ1) is 10.0. The molecular weight excluding hydrogens is 280 g/mol. The summed E-state index contributed by atoms with van der Waals surface area (Å²) in [6, 6.07) is 2.97. The van der Waals surface area contributed by atoms with Gasteiger partial charge in [-0.2, -0.15) is 0 Å². The van der Waals surface area contributed by atoms with Crippen molar-refractivity contribution >= 4 is 5.97 Å². The quantitative estimate of drug-likeness (QED) is 0.785. The van der Waals surface area contributed by atoms with Gasteiger partial charge in [0.25, 0.3) is 0 Å². The highest BCUT2D eigenvalue weighted by atomic mass is 19.1. The molecule has 1 unspecified atom stereocenters. The minimum absolute atomic E-state index is 0.0816. The maximum Gasteiger partial charge on any atom is 0.330 e. The van der Waals surface area contributed by atoms with Gasteiger partial charge < -0.3 is 14.8 Å². The van der Waals surface area contributed by atoms with Crippen LogP contribution in [-0.4, -0.2) is 31.8 Å². The van der Waals surface area contributed by atoms with E-state index >= 15 is 0 Å². The third-order valence-corrected chi connectivity index (χ3v) is 3.71. The number of benzene rings is 1. The molecule has 1 fully saturated rings. The molecule has 0 aromatic heterocycles. The molecule has 0 spiro atoms. The molecule has 0 bridgehead atoms. The van der Waals surface area contributed by atoms with Crippen molar-refractivity contribution in [2.75, 3.05) is 20.3 Å². The number of rotatable bonds is 7. The van der Waals surface area contributed by atoms with Crippen molar-refractivity contribution < 1.29 is 23.0 Å². The lowest BCUT2D eigenvalue weighted by Crippen LogP contribution is -2.57. The summed E-state index contributed by atoms with van der Waals surface area (Å²) < 4.78 is 37.2. The van der Waals surface area contributed by atoms with Crippen LogP contribution in [0.1, 0.15) is 19.8 Å². The molecule has 0 aliphatic heterocycles. The average molecular weight is 299 g/mol. The van der Waals surface area contributed by atoms with Crippen molar-refractivity contribution in [1.29, 1.82) is 0 Å². The van der Waals surface area contributed by atoms with Gasteiger partial charge in [-0.05, 0) is 44.9 Å². The van der Waals surface area contributed by atoms with Gasteiger partial charge in [0.2, 0.25) is 0 Å². The molecular formula is C15H19F2NO3. The van der Waals surface area contributed by atoms with Crippen molar-refractivity contribution in [2.24, 2.45) is 5.92 Å². The van der Waals surface area contributed by atoms with Gasteiger partial charge in [0.1, 0.15) is 12.4 Å². The molecule has 21 heavy (non-hydrogen) atoms. The lowest BCUT2D eigenvalue weighted by Gasteiger charge is -2.31. The minimum atomic E-state index is -1.02. The molecule has 1 aliphatic carbocycles. The number of likely N-dealkylation sites (N-methyl/N-ethyl adjacent to an activating group) is 1. The summed E-state index contributed by atoms with van der Waals surface area (Å²) in [7, 11) is 1.64. The first kappa shape index (κ1) is 15.7. The highest BCUT2D eigenvalue weighted by Gasteiger charge is 2.52. The van der Waals surface area contributed by atoms with Crippen LogP contribution in [0.3, 0.4) is 0 Å². The Labute approximate surface area is 122 Å². The summed E-state index contributed by atoms with van der Waals surface area (Å²) >= 11 is 0. The number of nitrogens with one attached hydrogen (secondary N) is 1. The summed E-state index contributed by atoms with van der Waals surface area (Å²) in [6.07, 6.45) is 1.74. The molecule has 1 N–H and O–H groups in total. The van der Waals surface area contributed by atoms with Crippen LogP contribution in [0.25, 0.3) is 0 Å². The van der Waals surface area contributed by atoms with E-state index in [9.17, 15) is 13.6 Å². The third-order valence-electron chi connectivity index (χ3n) is 3.71. The van der Waals surface area contributed by atoms with Crippen molar-refractivity contribution in [3.05, 3.63) is 29.8 Å². The van der Waals surface area contributed by atoms with Gasteiger partial charge in [0.15, 0.2) is 17.1 Å². The molecule has 0 heterocycles. The molecule has 0 saturated heterocycles. The summed E-state index contributed by atoms with van der Waals surface area (Å²) in [5, 5.41) is 2.95. The SMILES string of the molecule is CCOC(=O)C(COc1cc(F)ccc1F)(NC)C1CC1. The molecule has 0 radical (unpaired) electrons. The van der Waals surface area contributed by atoms with Crippen LogP contribution < -0.4 is 10.1 Å². The molecule has 4 nitrogen and oxygen atoms in total. The summed E-state index contributed by atoms with van der Waals surface area (Å²) in [5.74, 6) is -1.81. The number of hydrogen-bond acceptors (Lipinski definition) is 4. The van der Waals surface area contributed by atoms with Crippen molar-refractivity contribution in [1.82, 2.24) is 5.32 Å². The van der Waals surface area contributed by atoms with Gasteiger partial charge in [0.05, 0.1) is 6.61 Å². The Balaban J connectivity index is 2.15. The van der Waals surface area contributed by atoms with Crippen LogP contribution in [0.4, 0.5) is 8.78 Å². The zero-order valence-corrected chi connectivity index (χ0v) is 12.1. The zero-order valence-electron chi connectivity index (χ0n) is 12.1. The number of ether oxygens (including phenoxy) is 2. The number of esters is 1. The van der Waals surface area contributed by atoms with E-state index in [2.05, 4.69) is 5.32 Å². The minimum Gasteiger partial charge on any atom is -0.488 e. The van der Waals surface area contributed by atoms with Gasteiger partial charge in [0, 0.05) is 6.07 Å². The van der Waals surface area contributed by atoms with E-state index in [1.165, 1.54) is 0 Å². The van der Waals surface area contributed by atoms with Gasteiger partial charge in [-0.15, -0.1) is 0 Å². The third kappa shape index (κ3) is 3.32. The summed E-state index contributed by atoms with van der Waals surface area (Å²) in [6.45, 7) is 1.87. The van der Waals surface area contributed by atoms with Gasteiger partial charge in [-0.25, -0.2) is 13.6 Å². The van der Waals surface area contributed by atoms with E-state index in [0.29, 0.717) is 0 Å². The lowest BCUT2D eigenvalue weighted by atomic mass is 9.94. The molecule has 6 heteroatoms. The Kier molecular flexibility index (Phi) is 4.77. The zero-order chi connectivity index (χ0) is 15.5. The van der Waals surface area contributed by atoms with E-state index in [4.69, 9.17) is 9.47 Å². The van der Waals surface area contributed by atoms with Crippen LogP contribution in [-0.2, 0) is 9.53 Å². The number of carbonyl (C=O) groups is 1. The second-order valence-electron chi connectivity index (χ2n) is 5.08. The summed E-state index contributed by atoms with van der Waals surface area (Å²) in [4.78, 5) is 12.2. The maximum absolute atomic E-state index is 13.6. The van der Waals surface area contributed by atoms with Crippen LogP contribution in [0, 0.1) is 17.6 Å². The topological polar surface area (TPSA) is 47.6 Å². The van der Waals surface area contributed by atoms with Gasteiger partial charge in [-0.1, -0.05) is 0 Å². The predicted molar refractivity (Wildman–Crippen MR) is 73.0 cm³/mol. The number of halogens is 2. The Morgan fingerprint density at radius 2 is 2.14 bits per heavy atom. The molecule has 1 aromatic carbocycles. The average Bonchev–Trinajstić information content (AvgIpc) is 3.29. The maximum atomic E-state index is 13.6. The van der Waals surface area contributed by atoms with E-state index in [1.54, 1.807) is 14.0 Å². The van der Waals surface area contributed by atoms with Crippen molar-refractivity contribution in [2.45, 2.75) is 25.3 Å². The van der Waals surface area contributed by atoms with Crippen LogP contribution in [0.15, 0.2) is 18.2 Å². The molecule has 1 aliphatic rings. The predicted octanol–water partition coefficient (Wildman–Crippen LogP) is 2.27. The van der Waals surface area contributed by atoms with Crippen LogP contribution in [0.5, 0.6) is 5.75 Å². The van der Waals surface area contributed by atoms with Gasteiger partial charge in [-0.3, -0.25) is 0 Å². The fraction of sp³-hybridized carbons (Fsp3) is 0.533. The fourth-order valence-electron chi connectivity index (χ4n) is 2.34. The van der Waals surface area contributed by atoms with E-state index in [-0.39, 0.29) is 24.9 Å². The normalized spacial score (nSPS) is 17.1. The molecule has 0 amide bonds. The van der Waals surface area contributed by atoms with Crippen molar-refractivity contribution in [3.8, 4) is 5.75 Å². The Hall–Kier alpha value is -1.69. The van der Waals surface area contributed by atoms with Crippen molar-refractivity contribution in [3.63, 3.8) is 0 Å². The first-order valence-corrected chi connectivity index (χ1v) is 6.97. The second-order valence-corrected chi connectivity index (χ2v) is 5.08. The lowest BCUT2D eigenvalue weighted by molar-refractivity contribution is -0.153. The smallest absolute Gasteiger partial charge is 0.330 e. The Morgan fingerprint density at radius 1 is 1.43 bits per heavy atom. The van der Waals surface area contributed by atoms with Crippen LogP contribution >= 0.6 is 0 Å². The standard InChI is InChI=1S/C15H19F2NO3/c1-3-20-14(19)15(18-2,10-4-5-10)9-21-13-8-11(16)6-7-12(13)17/h6-8,10,18H,3-5,9H2,1-2H3. The number of carbonyl (C=O) groups excluding carboxylic acids is 1. The molecule has 1 aromatic rings. The second kappa shape index (κ2) is 6.39. The molecule has 116 valence electrons. The Morgan fingerprint density at radius 3 is 2.71 bits per heavy atom. The van der Waals surface area contributed by atoms with E-state index < -0.39 is 23.1 Å². The highest BCUT2D eigenvalue weighted by molar-refractivity contribution is 5.82. The largest absolute Gasteiger partial charge is 0.488 e.